The number of halogens is 1. The highest BCUT2D eigenvalue weighted by Gasteiger charge is 2.24. The third kappa shape index (κ3) is 3.47. The van der Waals surface area contributed by atoms with Crippen LogP contribution in [0.3, 0.4) is 0 Å². The number of hydrogen-bond donors (Lipinski definition) is 2. The minimum absolute atomic E-state index is 0.0644. The molecular weight excluding hydrogens is 308 g/mol. The van der Waals surface area contributed by atoms with Crippen LogP contribution in [0.2, 0.25) is 5.02 Å². The number of aromatic carboxylic acids is 1. The predicted octanol–water partition coefficient (Wildman–Crippen LogP) is 0.405. The van der Waals surface area contributed by atoms with Gasteiger partial charge in [-0.05, 0) is 18.2 Å². The number of sulfonamides is 1. The molecule has 1 amide bonds. The van der Waals surface area contributed by atoms with Crippen molar-refractivity contribution in [2.24, 2.45) is 0 Å². The smallest absolute Gasteiger partial charge is 0.337 e. The topological polar surface area (TPSA) is 104 Å². The second-order valence-corrected chi connectivity index (χ2v) is 6.33. The van der Waals surface area contributed by atoms with E-state index in [1.54, 1.807) is 0 Å². The molecule has 0 aliphatic rings. The van der Waals surface area contributed by atoms with Gasteiger partial charge in [0.1, 0.15) is 0 Å². The van der Waals surface area contributed by atoms with Crippen molar-refractivity contribution in [3.05, 3.63) is 28.8 Å². The van der Waals surface area contributed by atoms with Gasteiger partial charge in [-0.25, -0.2) is 13.2 Å². The van der Waals surface area contributed by atoms with Crippen LogP contribution in [0.15, 0.2) is 23.1 Å². The molecule has 7 nitrogen and oxygen atoms in total. The third-order valence-electron chi connectivity index (χ3n) is 2.52. The highest BCUT2D eigenvalue weighted by Crippen LogP contribution is 2.22. The van der Waals surface area contributed by atoms with Crippen molar-refractivity contribution < 1.29 is 23.1 Å². The van der Waals surface area contributed by atoms with Gasteiger partial charge in [0.25, 0.3) is 0 Å². The van der Waals surface area contributed by atoms with Gasteiger partial charge >= 0.3 is 5.97 Å². The summed E-state index contributed by atoms with van der Waals surface area (Å²) in [5, 5.41) is 11.2. The number of carboxylic acid groups (broad SMARTS) is 1. The van der Waals surface area contributed by atoms with Crippen LogP contribution in [0.25, 0.3) is 0 Å². The number of likely N-dealkylation sites (N-methyl/N-ethyl adjacent to an activating group) is 2. The maximum Gasteiger partial charge on any atom is 0.337 e. The molecule has 0 atom stereocenters. The van der Waals surface area contributed by atoms with Crippen LogP contribution < -0.4 is 5.32 Å². The zero-order valence-corrected chi connectivity index (χ0v) is 12.3. The molecule has 0 spiro atoms. The largest absolute Gasteiger partial charge is 0.478 e. The number of hydrogen-bond acceptors (Lipinski definition) is 4. The molecule has 110 valence electrons. The van der Waals surface area contributed by atoms with Gasteiger partial charge < -0.3 is 10.4 Å². The number of nitrogens with zero attached hydrogens (tertiary/aromatic N) is 1. The molecule has 2 N–H and O–H groups in total. The summed E-state index contributed by atoms with van der Waals surface area (Å²) in [6.45, 7) is -0.371. The maximum atomic E-state index is 12.2. The predicted molar refractivity (Wildman–Crippen MR) is 72.3 cm³/mol. The molecule has 1 aromatic rings. The van der Waals surface area contributed by atoms with Crippen molar-refractivity contribution in [2.45, 2.75) is 4.90 Å². The van der Waals surface area contributed by atoms with Gasteiger partial charge in [0, 0.05) is 14.1 Å². The quantitative estimate of drug-likeness (QED) is 0.817. The summed E-state index contributed by atoms with van der Waals surface area (Å²) in [4.78, 5) is 21.9. The van der Waals surface area contributed by atoms with Crippen LogP contribution in [0.1, 0.15) is 10.4 Å². The van der Waals surface area contributed by atoms with Crippen molar-refractivity contribution in [2.75, 3.05) is 20.6 Å². The maximum absolute atomic E-state index is 12.2. The van der Waals surface area contributed by atoms with E-state index < -0.39 is 21.9 Å². The third-order valence-corrected chi connectivity index (χ3v) is 4.65. The Morgan fingerprint density at radius 1 is 1.40 bits per heavy atom. The lowest BCUT2D eigenvalue weighted by molar-refractivity contribution is -0.120. The van der Waals surface area contributed by atoms with E-state index >= 15 is 0 Å². The first-order valence-electron chi connectivity index (χ1n) is 5.40. The first-order valence-corrected chi connectivity index (χ1v) is 7.21. The number of nitrogens with one attached hydrogen (secondary N) is 1. The molecule has 0 fully saturated rings. The number of carbonyl (C=O) groups is 2. The number of carbonyl (C=O) groups excluding carboxylic acids is 1. The fraction of sp³-hybridized carbons (Fsp3) is 0.273. The monoisotopic (exact) mass is 320 g/mol. The lowest BCUT2D eigenvalue weighted by Crippen LogP contribution is -2.36. The lowest BCUT2D eigenvalue weighted by atomic mass is 10.2. The minimum atomic E-state index is -3.97. The number of carboxylic acids is 1. The summed E-state index contributed by atoms with van der Waals surface area (Å²) in [6, 6.07) is 3.33. The average Bonchev–Trinajstić information content (AvgIpc) is 2.38. The fourth-order valence-corrected chi connectivity index (χ4v) is 2.73. The molecule has 0 aromatic heterocycles. The van der Waals surface area contributed by atoms with E-state index in [1.165, 1.54) is 26.2 Å². The SMILES string of the molecule is CNC(=O)CN(C)S(=O)(=O)c1ccc(Cl)c(C(=O)O)c1. The van der Waals surface area contributed by atoms with E-state index in [-0.39, 0.29) is 22.0 Å². The second kappa shape index (κ2) is 6.21. The molecule has 0 bridgehead atoms. The zero-order chi connectivity index (χ0) is 15.5. The van der Waals surface area contributed by atoms with Crippen LogP contribution in [0.4, 0.5) is 0 Å². The molecular formula is C11H13ClN2O5S. The van der Waals surface area contributed by atoms with Crippen LogP contribution in [-0.4, -0.2) is 50.3 Å². The molecule has 0 aliphatic carbocycles. The van der Waals surface area contributed by atoms with Crippen molar-refractivity contribution in [3.8, 4) is 0 Å². The minimum Gasteiger partial charge on any atom is -0.478 e. The van der Waals surface area contributed by atoms with Crippen LogP contribution in [0, 0.1) is 0 Å². The van der Waals surface area contributed by atoms with Crippen molar-refractivity contribution in [1.29, 1.82) is 0 Å². The Morgan fingerprint density at radius 2 is 2.00 bits per heavy atom. The molecule has 0 unspecified atom stereocenters. The highest BCUT2D eigenvalue weighted by atomic mass is 35.5. The summed E-state index contributed by atoms with van der Waals surface area (Å²) in [5.74, 6) is -1.82. The van der Waals surface area contributed by atoms with E-state index in [9.17, 15) is 18.0 Å². The van der Waals surface area contributed by atoms with Crippen molar-refractivity contribution in [3.63, 3.8) is 0 Å². The summed E-state index contributed by atoms with van der Waals surface area (Å²) >= 11 is 5.67. The van der Waals surface area contributed by atoms with E-state index in [4.69, 9.17) is 16.7 Å². The second-order valence-electron chi connectivity index (χ2n) is 3.88. The first-order chi connectivity index (χ1) is 9.20. The van der Waals surface area contributed by atoms with Crippen LogP contribution in [-0.2, 0) is 14.8 Å². The fourth-order valence-electron chi connectivity index (χ4n) is 1.37. The molecule has 20 heavy (non-hydrogen) atoms. The highest BCUT2D eigenvalue weighted by molar-refractivity contribution is 7.89. The van der Waals surface area contributed by atoms with Crippen molar-refractivity contribution in [1.82, 2.24) is 9.62 Å². The van der Waals surface area contributed by atoms with E-state index in [0.29, 0.717) is 0 Å². The number of rotatable bonds is 5. The zero-order valence-electron chi connectivity index (χ0n) is 10.8. The molecule has 9 heteroatoms. The Balaban J connectivity index is 3.19. The summed E-state index contributed by atoms with van der Waals surface area (Å²) in [5.41, 5.74) is -0.318. The molecule has 0 heterocycles. The van der Waals surface area contributed by atoms with Crippen molar-refractivity contribution >= 4 is 33.5 Å². The number of amides is 1. The first kappa shape index (κ1) is 16.4. The Labute approximate surface area is 121 Å². The summed E-state index contributed by atoms with van der Waals surface area (Å²) in [7, 11) is -1.36. The molecule has 0 saturated heterocycles. The normalized spacial score (nSPS) is 11.4. The molecule has 0 saturated carbocycles. The van der Waals surface area contributed by atoms with Gasteiger partial charge in [0.2, 0.25) is 15.9 Å². The molecule has 1 rings (SSSR count). The van der Waals surface area contributed by atoms with Gasteiger partial charge in [-0.15, -0.1) is 0 Å². The van der Waals surface area contributed by atoms with Gasteiger partial charge in [-0.1, -0.05) is 11.6 Å². The van der Waals surface area contributed by atoms with Gasteiger partial charge in [0.15, 0.2) is 0 Å². The van der Waals surface area contributed by atoms with E-state index in [0.717, 1.165) is 10.4 Å². The van der Waals surface area contributed by atoms with E-state index in [1.807, 2.05) is 0 Å². The summed E-state index contributed by atoms with van der Waals surface area (Å²) < 4.78 is 25.2. The Bertz CT molecular complexity index is 644. The summed E-state index contributed by atoms with van der Waals surface area (Å²) in [6.07, 6.45) is 0. The van der Waals surface area contributed by atoms with Crippen LogP contribution in [0.5, 0.6) is 0 Å². The Kier molecular flexibility index (Phi) is 5.09. The Morgan fingerprint density at radius 3 is 2.50 bits per heavy atom. The Hall–Kier alpha value is -1.64. The van der Waals surface area contributed by atoms with E-state index in [2.05, 4.69) is 5.32 Å². The molecule has 0 radical (unpaired) electrons. The number of benzene rings is 1. The molecule has 1 aromatic carbocycles. The van der Waals surface area contributed by atoms with Gasteiger partial charge in [-0.3, -0.25) is 4.79 Å². The lowest BCUT2D eigenvalue weighted by Gasteiger charge is -2.16. The standard InChI is InChI=1S/C11H13ClN2O5S/c1-13-10(15)6-14(2)20(18,19)7-3-4-9(12)8(5-7)11(16)17/h3-5H,6H2,1-2H3,(H,13,15)(H,16,17). The van der Waals surface area contributed by atoms with Gasteiger partial charge in [-0.2, -0.15) is 4.31 Å². The van der Waals surface area contributed by atoms with Crippen LogP contribution >= 0.6 is 11.6 Å². The molecule has 0 aliphatic heterocycles. The van der Waals surface area contributed by atoms with Gasteiger partial charge in [0.05, 0.1) is 22.0 Å². The average molecular weight is 321 g/mol.